The number of amides is 1. The van der Waals surface area contributed by atoms with Crippen LogP contribution in [0.3, 0.4) is 0 Å². The fourth-order valence-corrected chi connectivity index (χ4v) is 4.09. The van der Waals surface area contributed by atoms with Crippen LogP contribution in [0.1, 0.15) is 50.3 Å². The van der Waals surface area contributed by atoms with E-state index in [9.17, 15) is 9.90 Å². The third-order valence-electron chi connectivity index (χ3n) is 5.77. The van der Waals surface area contributed by atoms with E-state index in [1.807, 2.05) is 18.2 Å². The molecule has 0 aromatic carbocycles. The number of rotatable bonds is 4. The molecule has 28 heavy (non-hydrogen) atoms. The quantitative estimate of drug-likeness (QED) is 0.846. The summed E-state index contributed by atoms with van der Waals surface area (Å²) in [6.45, 7) is 3.21. The molecule has 2 aliphatic rings. The van der Waals surface area contributed by atoms with Crippen molar-refractivity contribution in [2.75, 3.05) is 18.4 Å². The molecular formula is C21H27N5O2. The fourth-order valence-electron chi connectivity index (χ4n) is 4.09. The lowest BCUT2D eigenvalue weighted by molar-refractivity contribution is -0.129. The van der Waals surface area contributed by atoms with Gasteiger partial charge in [-0.2, -0.15) is 0 Å². The highest BCUT2D eigenvalue weighted by molar-refractivity contribution is 5.74. The van der Waals surface area contributed by atoms with Gasteiger partial charge in [0.05, 0.1) is 17.8 Å². The molecule has 7 heteroatoms. The predicted octanol–water partition coefficient (Wildman–Crippen LogP) is 2.55. The van der Waals surface area contributed by atoms with Crippen molar-refractivity contribution in [1.29, 1.82) is 0 Å². The Balaban J connectivity index is 1.66. The molecule has 0 bridgehead atoms. The molecule has 4 rings (SSSR count). The zero-order valence-corrected chi connectivity index (χ0v) is 16.3. The van der Waals surface area contributed by atoms with Gasteiger partial charge in [-0.1, -0.05) is 25.3 Å². The number of aromatic nitrogens is 3. The molecule has 0 saturated heterocycles. The van der Waals surface area contributed by atoms with Crippen molar-refractivity contribution in [1.82, 2.24) is 19.9 Å². The van der Waals surface area contributed by atoms with Gasteiger partial charge in [-0.3, -0.25) is 9.78 Å². The van der Waals surface area contributed by atoms with Crippen molar-refractivity contribution < 1.29 is 9.90 Å². The monoisotopic (exact) mass is 381 g/mol. The minimum absolute atomic E-state index is 0.0506. The van der Waals surface area contributed by atoms with Gasteiger partial charge in [0, 0.05) is 31.8 Å². The fraction of sp³-hybridized carbons (Fsp3) is 0.524. The number of nitrogens with zero attached hydrogens (tertiary/aromatic N) is 4. The van der Waals surface area contributed by atoms with E-state index in [0.29, 0.717) is 37.6 Å². The Kier molecular flexibility index (Phi) is 5.26. The molecular weight excluding hydrogens is 354 g/mol. The number of hydrogen-bond acceptors (Lipinski definition) is 6. The number of anilines is 1. The summed E-state index contributed by atoms with van der Waals surface area (Å²) in [6.07, 6.45) is 7.38. The topological polar surface area (TPSA) is 91.2 Å². The molecule has 3 heterocycles. The Morgan fingerprint density at radius 3 is 2.79 bits per heavy atom. The summed E-state index contributed by atoms with van der Waals surface area (Å²) in [7, 11) is 0. The first kappa shape index (κ1) is 18.8. The third-order valence-corrected chi connectivity index (χ3v) is 5.77. The van der Waals surface area contributed by atoms with Crippen molar-refractivity contribution >= 4 is 11.7 Å². The van der Waals surface area contributed by atoms with Crippen LogP contribution >= 0.6 is 0 Å². The average molecular weight is 381 g/mol. The van der Waals surface area contributed by atoms with Crippen LogP contribution in [0.4, 0.5) is 5.82 Å². The van der Waals surface area contributed by atoms with Gasteiger partial charge in [-0.05, 0) is 31.4 Å². The lowest BCUT2D eigenvalue weighted by Crippen LogP contribution is -2.40. The molecule has 1 aliphatic heterocycles. The van der Waals surface area contributed by atoms with Gasteiger partial charge in [0.2, 0.25) is 5.91 Å². The Morgan fingerprint density at radius 1 is 1.25 bits per heavy atom. The first-order valence-corrected chi connectivity index (χ1v) is 10.1. The van der Waals surface area contributed by atoms with E-state index in [0.717, 1.165) is 42.8 Å². The average Bonchev–Trinajstić information content (AvgIpc) is 2.72. The van der Waals surface area contributed by atoms with Gasteiger partial charge in [-0.25, -0.2) is 9.97 Å². The van der Waals surface area contributed by atoms with Gasteiger partial charge >= 0.3 is 0 Å². The normalized spacial score (nSPS) is 18.4. The number of fused-ring (bicyclic) bond motifs is 1. The highest BCUT2D eigenvalue weighted by Gasteiger charge is 2.30. The molecule has 0 atom stereocenters. The lowest BCUT2D eigenvalue weighted by atomic mass is 9.85. The van der Waals surface area contributed by atoms with Crippen LogP contribution in [0.5, 0.6) is 0 Å². The van der Waals surface area contributed by atoms with E-state index < -0.39 is 5.60 Å². The number of pyridine rings is 1. The molecule has 148 valence electrons. The van der Waals surface area contributed by atoms with Gasteiger partial charge in [0.1, 0.15) is 11.5 Å². The van der Waals surface area contributed by atoms with Crippen molar-refractivity contribution in [3.05, 3.63) is 35.7 Å². The molecule has 2 N–H and O–H groups in total. The maximum Gasteiger partial charge on any atom is 0.219 e. The second kappa shape index (κ2) is 7.83. The van der Waals surface area contributed by atoms with E-state index in [-0.39, 0.29) is 5.91 Å². The maximum absolute atomic E-state index is 11.8. The Labute approximate surface area is 165 Å². The molecule has 1 saturated carbocycles. The summed E-state index contributed by atoms with van der Waals surface area (Å²) >= 11 is 0. The van der Waals surface area contributed by atoms with Crippen molar-refractivity contribution in [3.63, 3.8) is 0 Å². The van der Waals surface area contributed by atoms with Crippen LogP contribution in [-0.2, 0) is 17.8 Å². The Hall–Kier alpha value is -2.54. The lowest BCUT2D eigenvalue weighted by Gasteiger charge is -2.33. The van der Waals surface area contributed by atoms with E-state index in [1.54, 1.807) is 18.0 Å². The molecule has 1 aliphatic carbocycles. The zero-order chi connectivity index (χ0) is 19.6. The molecule has 7 nitrogen and oxygen atoms in total. The molecule has 0 radical (unpaired) electrons. The molecule has 2 aromatic rings. The number of carbonyl (C=O) groups is 1. The van der Waals surface area contributed by atoms with Gasteiger partial charge in [0.15, 0.2) is 5.82 Å². The number of aliphatic hydroxyl groups is 1. The first-order chi connectivity index (χ1) is 13.5. The molecule has 2 aromatic heterocycles. The standard InChI is InChI=1S/C21H27N5O2/c1-15(27)26-12-8-16-18(13-26)24-20(17-7-3-6-11-22-17)25-19(16)23-14-21(28)9-4-2-5-10-21/h3,6-7,11,28H,2,4-5,8-10,12-14H2,1H3,(H,23,24,25). The largest absolute Gasteiger partial charge is 0.388 e. The number of hydrogen-bond donors (Lipinski definition) is 2. The summed E-state index contributed by atoms with van der Waals surface area (Å²) in [5, 5.41) is 14.3. The van der Waals surface area contributed by atoms with Crippen molar-refractivity contribution in [2.45, 2.75) is 57.6 Å². The summed E-state index contributed by atoms with van der Waals surface area (Å²) in [4.78, 5) is 27.5. The number of carbonyl (C=O) groups excluding carboxylic acids is 1. The molecule has 0 spiro atoms. The first-order valence-electron chi connectivity index (χ1n) is 10.1. The zero-order valence-electron chi connectivity index (χ0n) is 16.3. The van der Waals surface area contributed by atoms with Gasteiger partial charge in [0.25, 0.3) is 0 Å². The highest BCUT2D eigenvalue weighted by atomic mass is 16.3. The SMILES string of the molecule is CC(=O)N1CCc2c(nc(-c3ccccn3)nc2NCC2(O)CCCCC2)C1. The van der Waals surface area contributed by atoms with E-state index in [1.165, 1.54) is 6.42 Å². The molecule has 0 unspecified atom stereocenters. The second-order valence-corrected chi connectivity index (χ2v) is 7.87. The summed E-state index contributed by atoms with van der Waals surface area (Å²) < 4.78 is 0. The Bertz CT molecular complexity index is 849. The van der Waals surface area contributed by atoms with Crippen LogP contribution < -0.4 is 5.32 Å². The minimum atomic E-state index is -0.679. The Morgan fingerprint density at radius 2 is 2.07 bits per heavy atom. The summed E-state index contributed by atoms with van der Waals surface area (Å²) in [6, 6.07) is 5.65. The smallest absolute Gasteiger partial charge is 0.219 e. The summed E-state index contributed by atoms with van der Waals surface area (Å²) in [5.41, 5.74) is 1.91. The molecule has 1 fully saturated rings. The van der Waals surface area contributed by atoms with E-state index in [4.69, 9.17) is 9.97 Å². The molecule has 1 amide bonds. The van der Waals surface area contributed by atoms with Crippen LogP contribution in [0, 0.1) is 0 Å². The van der Waals surface area contributed by atoms with Crippen LogP contribution in [0.15, 0.2) is 24.4 Å². The summed E-state index contributed by atoms with van der Waals surface area (Å²) in [5.74, 6) is 1.35. The minimum Gasteiger partial charge on any atom is -0.388 e. The van der Waals surface area contributed by atoms with Crippen LogP contribution in [0.25, 0.3) is 11.5 Å². The maximum atomic E-state index is 11.8. The van der Waals surface area contributed by atoms with Crippen LogP contribution in [-0.4, -0.2) is 49.6 Å². The van der Waals surface area contributed by atoms with Gasteiger partial charge < -0.3 is 15.3 Å². The van der Waals surface area contributed by atoms with E-state index in [2.05, 4.69) is 10.3 Å². The van der Waals surface area contributed by atoms with Crippen molar-refractivity contribution in [2.24, 2.45) is 0 Å². The highest BCUT2D eigenvalue weighted by Crippen LogP contribution is 2.30. The second-order valence-electron chi connectivity index (χ2n) is 7.87. The number of nitrogens with one attached hydrogen (secondary N) is 1. The van der Waals surface area contributed by atoms with Gasteiger partial charge in [-0.15, -0.1) is 0 Å². The van der Waals surface area contributed by atoms with Crippen LogP contribution in [0.2, 0.25) is 0 Å². The predicted molar refractivity (Wildman–Crippen MR) is 107 cm³/mol. The van der Waals surface area contributed by atoms with E-state index >= 15 is 0 Å². The van der Waals surface area contributed by atoms with Crippen molar-refractivity contribution in [3.8, 4) is 11.5 Å². The third kappa shape index (κ3) is 3.99.